The van der Waals surface area contributed by atoms with Gasteiger partial charge in [-0.15, -0.1) is 0 Å². The van der Waals surface area contributed by atoms with Gasteiger partial charge in [0.25, 0.3) is 0 Å². The topological polar surface area (TPSA) is 70.7 Å². The molecule has 2 N–H and O–H groups in total. The van der Waals surface area contributed by atoms with E-state index in [1.807, 2.05) is 45.0 Å². The van der Waals surface area contributed by atoms with Crippen molar-refractivity contribution in [2.75, 3.05) is 25.0 Å². The Morgan fingerprint density at radius 2 is 2.20 bits per heavy atom. The van der Waals surface area contributed by atoms with E-state index in [2.05, 4.69) is 10.6 Å². The molecule has 0 unspecified atom stereocenters. The van der Waals surface area contributed by atoms with Crippen molar-refractivity contribution >= 4 is 17.6 Å². The molecule has 6 nitrogen and oxygen atoms in total. The van der Waals surface area contributed by atoms with Crippen molar-refractivity contribution in [3.8, 4) is 0 Å². The number of hydrogen-bond donors (Lipinski definition) is 2. The summed E-state index contributed by atoms with van der Waals surface area (Å²) in [6.07, 6.45) is 1.72. The van der Waals surface area contributed by atoms with Crippen molar-refractivity contribution in [3.05, 3.63) is 29.8 Å². The first-order valence-electron chi connectivity index (χ1n) is 9.03. The molecular formula is C19H29N3O3. The molecule has 0 saturated carbocycles. The lowest BCUT2D eigenvalue weighted by atomic mass is 10.1. The van der Waals surface area contributed by atoms with Gasteiger partial charge in [0.05, 0.1) is 6.10 Å². The maximum absolute atomic E-state index is 12.4. The van der Waals surface area contributed by atoms with Crippen molar-refractivity contribution in [2.45, 2.75) is 46.3 Å². The molecule has 0 radical (unpaired) electrons. The summed E-state index contributed by atoms with van der Waals surface area (Å²) in [5.74, 6) is -0.00200. The molecule has 1 saturated heterocycles. The summed E-state index contributed by atoms with van der Waals surface area (Å²) in [4.78, 5) is 26.1. The van der Waals surface area contributed by atoms with Crippen molar-refractivity contribution in [1.82, 2.24) is 10.2 Å². The Morgan fingerprint density at radius 3 is 2.96 bits per heavy atom. The first kappa shape index (κ1) is 19.2. The van der Waals surface area contributed by atoms with E-state index in [-0.39, 0.29) is 24.0 Å². The predicted octanol–water partition coefficient (Wildman–Crippen LogP) is 2.99. The van der Waals surface area contributed by atoms with Crippen LogP contribution in [0.1, 0.15) is 39.2 Å². The van der Waals surface area contributed by atoms with Crippen LogP contribution >= 0.6 is 0 Å². The number of ether oxygens (including phenoxy) is 1. The third-order valence-corrected chi connectivity index (χ3v) is 4.44. The van der Waals surface area contributed by atoms with Gasteiger partial charge in [-0.1, -0.05) is 26.0 Å². The number of carbonyl (C=O) groups is 2. The molecule has 0 aliphatic carbocycles. The second-order valence-electron chi connectivity index (χ2n) is 6.64. The van der Waals surface area contributed by atoms with E-state index in [9.17, 15) is 9.59 Å². The van der Waals surface area contributed by atoms with E-state index in [4.69, 9.17) is 4.74 Å². The molecule has 1 aliphatic heterocycles. The number of urea groups is 1. The summed E-state index contributed by atoms with van der Waals surface area (Å²) in [5, 5.41) is 5.87. The summed E-state index contributed by atoms with van der Waals surface area (Å²) in [5.41, 5.74) is 1.71. The second kappa shape index (κ2) is 9.42. The van der Waals surface area contributed by atoms with Crippen LogP contribution in [0.3, 0.4) is 0 Å². The largest absolute Gasteiger partial charge is 0.377 e. The molecule has 2 atom stereocenters. The first-order chi connectivity index (χ1) is 12.0. The molecule has 6 heteroatoms. The van der Waals surface area contributed by atoms with Crippen molar-refractivity contribution < 1.29 is 14.3 Å². The smallest absolute Gasteiger partial charge is 0.317 e. The Balaban J connectivity index is 1.89. The van der Waals surface area contributed by atoms with E-state index in [0.29, 0.717) is 26.2 Å². The van der Waals surface area contributed by atoms with Gasteiger partial charge in [-0.05, 0) is 37.5 Å². The number of hydrogen-bond acceptors (Lipinski definition) is 3. The van der Waals surface area contributed by atoms with Crippen LogP contribution < -0.4 is 10.6 Å². The van der Waals surface area contributed by atoms with Gasteiger partial charge in [-0.25, -0.2) is 4.79 Å². The first-order valence-corrected chi connectivity index (χ1v) is 9.03. The molecule has 1 aromatic rings. The van der Waals surface area contributed by atoms with Crippen LogP contribution in [-0.4, -0.2) is 42.6 Å². The predicted molar refractivity (Wildman–Crippen MR) is 98.4 cm³/mol. The van der Waals surface area contributed by atoms with E-state index >= 15 is 0 Å². The Morgan fingerprint density at radius 1 is 1.40 bits per heavy atom. The molecule has 1 fully saturated rings. The standard InChI is InChI=1S/C19H29N3O3/c1-4-14(2)18(23)21-17-8-5-7-16(11-17)12-20-19(24)22-9-6-10-25-15(3)13-22/h5,7-8,11,14-15H,4,6,9-10,12-13H2,1-3H3,(H,20,24)(H,21,23)/t14-,15-/m0/s1. The molecule has 0 bridgehead atoms. The average Bonchev–Trinajstić information content (AvgIpc) is 2.83. The summed E-state index contributed by atoms with van der Waals surface area (Å²) in [6.45, 7) is 8.32. The normalized spacial score (nSPS) is 19.0. The van der Waals surface area contributed by atoms with Crippen LogP contribution in [0.15, 0.2) is 24.3 Å². The Kier molecular flexibility index (Phi) is 7.25. The lowest BCUT2D eigenvalue weighted by Crippen LogP contribution is -2.42. The summed E-state index contributed by atoms with van der Waals surface area (Å²) >= 11 is 0. The minimum atomic E-state index is -0.0774. The van der Waals surface area contributed by atoms with E-state index < -0.39 is 0 Å². The van der Waals surface area contributed by atoms with E-state index in [1.165, 1.54) is 0 Å². The van der Waals surface area contributed by atoms with Crippen LogP contribution in [0.5, 0.6) is 0 Å². The third kappa shape index (κ3) is 6.05. The molecule has 0 spiro atoms. The highest BCUT2D eigenvalue weighted by Crippen LogP contribution is 2.13. The van der Waals surface area contributed by atoms with Crippen LogP contribution in [0.4, 0.5) is 10.5 Å². The van der Waals surface area contributed by atoms with Gasteiger partial charge in [0, 0.05) is 37.8 Å². The minimum Gasteiger partial charge on any atom is -0.377 e. The van der Waals surface area contributed by atoms with E-state index in [0.717, 1.165) is 24.1 Å². The molecule has 138 valence electrons. The maximum Gasteiger partial charge on any atom is 0.317 e. The number of amides is 3. The van der Waals surface area contributed by atoms with Crippen LogP contribution in [0, 0.1) is 5.92 Å². The number of nitrogens with one attached hydrogen (secondary N) is 2. The zero-order valence-corrected chi connectivity index (χ0v) is 15.4. The Bertz CT molecular complexity index is 591. The fourth-order valence-electron chi connectivity index (χ4n) is 2.68. The van der Waals surface area contributed by atoms with Crippen LogP contribution in [0.2, 0.25) is 0 Å². The minimum absolute atomic E-state index is 0.0160. The zero-order valence-electron chi connectivity index (χ0n) is 15.4. The molecule has 3 amide bonds. The van der Waals surface area contributed by atoms with Gasteiger partial charge in [0.1, 0.15) is 0 Å². The van der Waals surface area contributed by atoms with Crippen LogP contribution in [-0.2, 0) is 16.1 Å². The summed E-state index contributed by atoms with van der Waals surface area (Å²) < 4.78 is 5.57. The van der Waals surface area contributed by atoms with Crippen LogP contribution in [0.25, 0.3) is 0 Å². The second-order valence-corrected chi connectivity index (χ2v) is 6.64. The van der Waals surface area contributed by atoms with Gasteiger partial charge in [0.15, 0.2) is 0 Å². The SMILES string of the molecule is CC[C@H](C)C(=O)Nc1cccc(CNC(=O)N2CCCO[C@@H](C)C2)c1. The Labute approximate surface area is 149 Å². The monoisotopic (exact) mass is 347 g/mol. The lowest BCUT2D eigenvalue weighted by molar-refractivity contribution is -0.119. The summed E-state index contributed by atoms with van der Waals surface area (Å²) in [7, 11) is 0. The Hall–Kier alpha value is -2.08. The molecular weight excluding hydrogens is 318 g/mol. The molecule has 2 rings (SSSR count). The number of nitrogens with zero attached hydrogens (tertiary/aromatic N) is 1. The fourth-order valence-corrected chi connectivity index (χ4v) is 2.68. The number of anilines is 1. The maximum atomic E-state index is 12.4. The molecule has 0 aromatic heterocycles. The number of rotatable bonds is 5. The average molecular weight is 347 g/mol. The number of carbonyl (C=O) groups excluding carboxylic acids is 2. The molecule has 25 heavy (non-hydrogen) atoms. The fraction of sp³-hybridized carbons (Fsp3) is 0.579. The van der Waals surface area contributed by atoms with Gasteiger partial charge in [-0.3, -0.25) is 4.79 Å². The molecule has 1 aliphatic rings. The van der Waals surface area contributed by atoms with Crippen molar-refractivity contribution in [2.24, 2.45) is 5.92 Å². The van der Waals surface area contributed by atoms with Crippen molar-refractivity contribution in [3.63, 3.8) is 0 Å². The zero-order chi connectivity index (χ0) is 18.2. The van der Waals surface area contributed by atoms with E-state index in [1.54, 1.807) is 4.90 Å². The highest BCUT2D eigenvalue weighted by atomic mass is 16.5. The summed E-state index contributed by atoms with van der Waals surface area (Å²) in [6, 6.07) is 7.50. The van der Waals surface area contributed by atoms with Gasteiger partial charge in [0.2, 0.25) is 5.91 Å². The highest BCUT2D eigenvalue weighted by Gasteiger charge is 2.19. The number of benzene rings is 1. The van der Waals surface area contributed by atoms with Crippen molar-refractivity contribution in [1.29, 1.82) is 0 Å². The van der Waals surface area contributed by atoms with Gasteiger partial charge >= 0.3 is 6.03 Å². The molecule has 1 aromatic carbocycles. The molecule has 1 heterocycles. The van der Waals surface area contributed by atoms with Gasteiger partial charge in [-0.2, -0.15) is 0 Å². The van der Waals surface area contributed by atoms with Gasteiger partial charge < -0.3 is 20.3 Å². The quantitative estimate of drug-likeness (QED) is 0.860. The third-order valence-electron chi connectivity index (χ3n) is 4.44. The lowest BCUT2D eigenvalue weighted by Gasteiger charge is -2.22. The highest BCUT2D eigenvalue weighted by molar-refractivity contribution is 5.92.